The number of carbonyl (C=O) groups is 2. The van der Waals surface area contributed by atoms with E-state index in [1.54, 1.807) is 12.2 Å². The Labute approximate surface area is 82.6 Å². The van der Waals surface area contributed by atoms with Crippen LogP contribution in [-0.4, -0.2) is 12.6 Å². The average molecular weight is 186 g/mol. The fourth-order valence-electron chi connectivity index (χ4n) is 1.07. The molecule has 0 saturated carbocycles. The Morgan fingerprint density at radius 1 is 0.857 bits per heavy atom. The van der Waals surface area contributed by atoms with Gasteiger partial charge in [-0.1, -0.05) is 30.4 Å². The van der Waals surface area contributed by atoms with E-state index < -0.39 is 0 Å². The molecule has 0 saturated heterocycles. The van der Waals surface area contributed by atoms with E-state index in [-0.39, 0.29) is 0 Å². The van der Waals surface area contributed by atoms with Crippen molar-refractivity contribution >= 4 is 24.7 Å². The van der Waals surface area contributed by atoms with Crippen LogP contribution < -0.4 is 0 Å². The molecule has 0 spiro atoms. The molecule has 0 aliphatic heterocycles. The Hall–Kier alpha value is -1.96. The van der Waals surface area contributed by atoms with E-state index in [0.717, 1.165) is 23.7 Å². The lowest BCUT2D eigenvalue weighted by atomic mass is 10.1. The topological polar surface area (TPSA) is 34.1 Å². The third-order valence-electron chi connectivity index (χ3n) is 1.65. The van der Waals surface area contributed by atoms with Gasteiger partial charge in [0.05, 0.1) is 0 Å². The summed E-state index contributed by atoms with van der Waals surface area (Å²) >= 11 is 0. The van der Waals surface area contributed by atoms with Crippen molar-refractivity contribution in [2.24, 2.45) is 0 Å². The highest BCUT2D eigenvalue weighted by molar-refractivity contribution is 5.76. The molecular formula is C12H10O2. The minimum absolute atomic E-state index is 0.730. The van der Waals surface area contributed by atoms with Gasteiger partial charge in [0.1, 0.15) is 12.6 Å². The van der Waals surface area contributed by atoms with Crippen molar-refractivity contribution in [1.82, 2.24) is 0 Å². The zero-order valence-corrected chi connectivity index (χ0v) is 7.59. The number of allylic oxidation sites excluding steroid dienone is 2. The Balaban J connectivity index is 2.88. The summed E-state index contributed by atoms with van der Waals surface area (Å²) < 4.78 is 0. The van der Waals surface area contributed by atoms with Gasteiger partial charge in [0.15, 0.2) is 0 Å². The van der Waals surface area contributed by atoms with Gasteiger partial charge in [0, 0.05) is 0 Å². The largest absolute Gasteiger partial charge is 0.299 e. The van der Waals surface area contributed by atoms with Crippen LogP contribution >= 0.6 is 0 Å². The number of aldehydes is 2. The molecule has 0 aliphatic rings. The van der Waals surface area contributed by atoms with E-state index in [2.05, 4.69) is 0 Å². The van der Waals surface area contributed by atoms with Crippen LogP contribution in [0, 0.1) is 0 Å². The fraction of sp³-hybridized carbons (Fsp3) is 0. The zero-order valence-electron chi connectivity index (χ0n) is 7.59. The molecule has 1 aromatic carbocycles. The highest BCUT2D eigenvalue weighted by Gasteiger charge is 1.88. The molecule has 0 unspecified atom stereocenters. The smallest absolute Gasteiger partial charge is 0.142 e. The molecule has 2 heteroatoms. The minimum atomic E-state index is 0.730. The standard InChI is InChI=1S/C12H10O2/c13-8-2-6-11-4-1-5-12(10-11)7-3-9-14/h1-10H. The molecule has 14 heavy (non-hydrogen) atoms. The molecule has 0 N–H and O–H groups in total. The molecule has 0 bridgehead atoms. The number of carbonyl (C=O) groups excluding carboxylic acids is 2. The Bertz CT molecular complexity index is 342. The lowest BCUT2D eigenvalue weighted by Gasteiger charge is -1.94. The van der Waals surface area contributed by atoms with Gasteiger partial charge >= 0.3 is 0 Å². The summed E-state index contributed by atoms with van der Waals surface area (Å²) in [6.45, 7) is 0. The molecule has 1 aromatic rings. The second kappa shape index (κ2) is 5.65. The van der Waals surface area contributed by atoms with Gasteiger partial charge in [-0.15, -0.1) is 0 Å². The highest BCUT2D eigenvalue weighted by atomic mass is 16.1. The molecule has 2 nitrogen and oxygen atoms in total. The van der Waals surface area contributed by atoms with Crippen molar-refractivity contribution in [3.8, 4) is 0 Å². The maximum atomic E-state index is 10.1. The van der Waals surface area contributed by atoms with Crippen LogP contribution in [0.1, 0.15) is 11.1 Å². The van der Waals surface area contributed by atoms with Crippen LogP contribution in [0.2, 0.25) is 0 Å². The first-order valence-corrected chi connectivity index (χ1v) is 4.20. The van der Waals surface area contributed by atoms with E-state index in [1.165, 1.54) is 12.2 Å². The molecular weight excluding hydrogens is 176 g/mol. The molecule has 0 heterocycles. The summed E-state index contributed by atoms with van der Waals surface area (Å²) in [6, 6.07) is 7.53. The second-order valence-electron chi connectivity index (χ2n) is 2.66. The first kappa shape index (κ1) is 10.1. The van der Waals surface area contributed by atoms with Crippen molar-refractivity contribution in [3.63, 3.8) is 0 Å². The van der Waals surface area contributed by atoms with Crippen LogP contribution in [0.25, 0.3) is 12.2 Å². The van der Waals surface area contributed by atoms with E-state index >= 15 is 0 Å². The van der Waals surface area contributed by atoms with Crippen LogP contribution in [0.3, 0.4) is 0 Å². The van der Waals surface area contributed by atoms with Gasteiger partial charge in [-0.3, -0.25) is 9.59 Å². The van der Waals surface area contributed by atoms with Gasteiger partial charge in [0.2, 0.25) is 0 Å². The fourth-order valence-corrected chi connectivity index (χ4v) is 1.07. The number of hydrogen-bond acceptors (Lipinski definition) is 2. The normalized spacial score (nSPS) is 10.9. The summed E-state index contributed by atoms with van der Waals surface area (Å²) in [7, 11) is 0. The van der Waals surface area contributed by atoms with E-state index in [4.69, 9.17) is 0 Å². The van der Waals surface area contributed by atoms with Crippen LogP contribution in [0.4, 0.5) is 0 Å². The maximum absolute atomic E-state index is 10.1. The molecule has 0 aliphatic carbocycles. The van der Waals surface area contributed by atoms with Gasteiger partial charge in [-0.2, -0.15) is 0 Å². The number of hydrogen-bond donors (Lipinski definition) is 0. The van der Waals surface area contributed by atoms with E-state index in [9.17, 15) is 9.59 Å². The predicted molar refractivity (Wildman–Crippen MR) is 56.6 cm³/mol. The van der Waals surface area contributed by atoms with Crippen molar-refractivity contribution in [1.29, 1.82) is 0 Å². The van der Waals surface area contributed by atoms with Crippen molar-refractivity contribution < 1.29 is 9.59 Å². The van der Waals surface area contributed by atoms with Crippen molar-refractivity contribution in [3.05, 3.63) is 47.5 Å². The van der Waals surface area contributed by atoms with Gasteiger partial charge in [-0.05, 0) is 29.3 Å². The molecule has 70 valence electrons. The summed E-state index contributed by atoms with van der Waals surface area (Å²) in [6.07, 6.45) is 7.75. The van der Waals surface area contributed by atoms with Gasteiger partial charge in [0.25, 0.3) is 0 Å². The molecule has 0 atom stereocenters. The summed E-state index contributed by atoms with van der Waals surface area (Å²) in [5, 5.41) is 0. The van der Waals surface area contributed by atoms with E-state index in [1.807, 2.05) is 24.3 Å². The molecule has 0 fully saturated rings. The molecule has 0 radical (unpaired) electrons. The Kier molecular flexibility index (Phi) is 4.08. The highest BCUT2D eigenvalue weighted by Crippen LogP contribution is 2.08. The molecule has 0 amide bonds. The Morgan fingerprint density at radius 2 is 1.36 bits per heavy atom. The Morgan fingerprint density at radius 3 is 1.79 bits per heavy atom. The SMILES string of the molecule is O=CC=Cc1cccc(C=CC=O)c1. The van der Waals surface area contributed by atoms with E-state index in [0.29, 0.717) is 0 Å². The summed E-state index contributed by atoms with van der Waals surface area (Å²) in [4.78, 5) is 20.2. The molecule has 0 aromatic heterocycles. The first-order chi connectivity index (χ1) is 6.86. The first-order valence-electron chi connectivity index (χ1n) is 4.20. The monoisotopic (exact) mass is 186 g/mol. The maximum Gasteiger partial charge on any atom is 0.142 e. The third-order valence-corrected chi connectivity index (χ3v) is 1.65. The zero-order chi connectivity index (χ0) is 10.2. The van der Waals surface area contributed by atoms with Crippen molar-refractivity contribution in [2.75, 3.05) is 0 Å². The lowest BCUT2D eigenvalue weighted by molar-refractivity contribution is -0.104. The van der Waals surface area contributed by atoms with Gasteiger partial charge in [-0.25, -0.2) is 0 Å². The predicted octanol–water partition coefficient (Wildman–Crippen LogP) is 2.11. The van der Waals surface area contributed by atoms with Crippen molar-refractivity contribution in [2.45, 2.75) is 0 Å². The molecule has 1 rings (SSSR count). The third kappa shape index (κ3) is 3.19. The quantitative estimate of drug-likeness (QED) is 0.533. The second-order valence-corrected chi connectivity index (χ2v) is 2.66. The lowest BCUT2D eigenvalue weighted by Crippen LogP contribution is -1.75. The minimum Gasteiger partial charge on any atom is -0.299 e. The average Bonchev–Trinajstić information content (AvgIpc) is 2.24. The van der Waals surface area contributed by atoms with Crippen LogP contribution in [0.5, 0.6) is 0 Å². The number of rotatable bonds is 4. The van der Waals surface area contributed by atoms with Crippen LogP contribution in [-0.2, 0) is 9.59 Å². The summed E-state index contributed by atoms with van der Waals surface area (Å²) in [5.74, 6) is 0. The summed E-state index contributed by atoms with van der Waals surface area (Å²) in [5.41, 5.74) is 1.87. The number of benzene rings is 1. The van der Waals surface area contributed by atoms with Crippen LogP contribution in [0.15, 0.2) is 36.4 Å². The van der Waals surface area contributed by atoms with Gasteiger partial charge < -0.3 is 0 Å².